The molecule has 2 nitrogen and oxygen atoms in total. The molecule has 0 radical (unpaired) electrons. The van der Waals surface area contributed by atoms with E-state index in [-0.39, 0.29) is 11.7 Å². The van der Waals surface area contributed by atoms with Crippen molar-refractivity contribution in [2.24, 2.45) is 0 Å². The Morgan fingerprint density at radius 2 is 1.91 bits per heavy atom. The number of hydrogen-bond acceptors (Lipinski definition) is 1. The molecule has 0 spiro atoms. The Morgan fingerprint density at radius 1 is 1.23 bits per heavy atom. The van der Waals surface area contributed by atoms with Gasteiger partial charge >= 0.3 is 0 Å². The summed E-state index contributed by atoms with van der Waals surface area (Å²) in [4.78, 5) is 14.5. The molecule has 1 fully saturated rings. The number of nitrogens with zero attached hydrogens (tertiary/aromatic N) is 1. The molecule has 1 amide bonds. The fraction of sp³-hybridized carbons (Fsp3) is 0.278. The predicted molar refractivity (Wildman–Crippen MR) is 85.2 cm³/mol. The van der Waals surface area contributed by atoms with Gasteiger partial charge < -0.3 is 4.90 Å². The average molecular weight is 318 g/mol. The first-order chi connectivity index (χ1) is 10.5. The highest BCUT2D eigenvalue weighted by Crippen LogP contribution is 2.49. The van der Waals surface area contributed by atoms with E-state index >= 15 is 0 Å². The number of carbonyl (C=O) groups is 1. The van der Waals surface area contributed by atoms with Gasteiger partial charge in [-0.1, -0.05) is 35.9 Å². The zero-order chi connectivity index (χ0) is 15.7. The SMILES string of the molecule is CN(Cc1cccc(F)c1)C(=O)C1(c2ccc(Cl)cc2)CC1. The Morgan fingerprint density at radius 3 is 2.50 bits per heavy atom. The van der Waals surface area contributed by atoms with Crippen molar-refractivity contribution in [1.82, 2.24) is 4.90 Å². The van der Waals surface area contributed by atoms with Crippen molar-refractivity contribution >= 4 is 17.5 Å². The Balaban J connectivity index is 1.77. The van der Waals surface area contributed by atoms with Crippen LogP contribution < -0.4 is 0 Å². The standard InChI is InChI=1S/C18H17ClFNO/c1-21(12-13-3-2-4-16(20)11-13)17(22)18(9-10-18)14-5-7-15(19)8-6-14/h2-8,11H,9-10,12H2,1H3. The minimum Gasteiger partial charge on any atom is -0.341 e. The largest absolute Gasteiger partial charge is 0.341 e. The number of carbonyl (C=O) groups excluding carboxylic acids is 1. The summed E-state index contributed by atoms with van der Waals surface area (Å²) in [5.74, 6) is -0.198. The molecule has 0 N–H and O–H groups in total. The lowest BCUT2D eigenvalue weighted by Gasteiger charge is -2.24. The summed E-state index contributed by atoms with van der Waals surface area (Å²) in [7, 11) is 1.77. The van der Waals surface area contributed by atoms with Gasteiger partial charge in [-0.15, -0.1) is 0 Å². The summed E-state index contributed by atoms with van der Waals surface area (Å²) in [6.07, 6.45) is 1.70. The van der Waals surface area contributed by atoms with Crippen LogP contribution in [0.15, 0.2) is 48.5 Å². The molecule has 22 heavy (non-hydrogen) atoms. The number of amides is 1. The van der Waals surface area contributed by atoms with E-state index in [1.807, 2.05) is 30.3 Å². The molecular formula is C18H17ClFNO. The third-order valence-corrected chi connectivity index (χ3v) is 4.46. The fourth-order valence-electron chi connectivity index (χ4n) is 2.87. The molecule has 1 aliphatic rings. The van der Waals surface area contributed by atoms with Crippen molar-refractivity contribution < 1.29 is 9.18 Å². The van der Waals surface area contributed by atoms with Gasteiger partial charge in [0.05, 0.1) is 5.41 Å². The third-order valence-electron chi connectivity index (χ3n) is 4.21. The highest BCUT2D eigenvalue weighted by atomic mass is 35.5. The van der Waals surface area contributed by atoms with E-state index in [2.05, 4.69) is 0 Å². The van der Waals surface area contributed by atoms with Crippen LogP contribution in [-0.2, 0) is 16.8 Å². The van der Waals surface area contributed by atoms with E-state index in [1.165, 1.54) is 12.1 Å². The van der Waals surface area contributed by atoms with Crippen LogP contribution in [0.3, 0.4) is 0 Å². The number of likely N-dealkylation sites (N-methyl/N-ethyl adjacent to an activating group) is 1. The highest BCUT2D eigenvalue weighted by molar-refractivity contribution is 6.30. The molecule has 0 saturated heterocycles. The Kier molecular flexibility index (Phi) is 3.92. The van der Waals surface area contributed by atoms with Gasteiger partial charge in [-0.3, -0.25) is 4.79 Å². The average Bonchev–Trinajstić information content (AvgIpc) is 3.29. The van der Waals surface area contributed by atoms with Crippen molar-refractivity contribution in [3.05, 3.63) is 70.5 Å². The number of rotatable bonds is 4. The summed E-state index contributed by atoms with van der Waals surface area (Å²) < 4.78 is 13.3. The monoisotopic (exact) mass is 317 g/mol. The van der Waals surface area contributed by atoms with Crippen LogP contribution >= 0.6 is 11.6 Å². The summed E-state index contributed by atoms with van der Waals surface area (Å²) >= 11 is 5.92. The maximum Gasteiger partial charge on any atom is 0.233 e. The van der Waals surface area contributed by atoms with Crippen molar-refractivity contribution in [2.45, 2.75) is 24.8 Å². The fourth-order valence-corrected chi connectivity index (χ4v) is 2.99. The lowest BCUT2D eigenvalue weighted by atomic mass is 9.94. The Hall–Kier alpha value is -1.87. The summed E-state index contributed by atoms with van der Waals surface area (Å²) in [5.41, 5.74) is 1.38. The predicted octanol–water partition coefficient (Wildman–Crippen LogP) is 4.17. The van der Waals surface area contributed by atoms with E-state index in [0.717, 1.165) is 24.0 Å². The molecule has 0 bridgehead atoms. The topological polar surface area (TPSA) is 20.3 Å². The molecular weight excluding hydrogens is 301 g/mol. The number of hydrogen-bond donors (Lipinski definition) is 0. The molecule has 0 aromatic heterocycles. The maximum absolute atomic E-state index is 13.3. The number of halogens is 2. The summed E-state index contributed by atoms with van der Waals surface area (Å²) in [6, 6.07) is 13.8. The second-order valence-corrected chi connectivity index (χ2v) is 6.32. The third kappa shape index (κ3) is 2.86. The van der Waals surface area contributed by atoms with Gasteiger partial charge in [-0.25, -0.2) is 4.39 Å². The molecule has 0 aliphatic heterocycles. The molecule has 2 aromatic rings. The second-order valence-electron chi connectivity index (χ2n) is 5.88. The van der Waals surface area contributed by atoms with Crippen molar-refractivity contribution in [3.63, 3.8) is 0 Å². The number of benzene rings is 2. The van der Waals surface area contributed by atoms with E-state index in [1.54, 1.807) is 18.0 Å². The minimum absolute atomic E-state index is 0.0825. The van der Waals surface area contributed by atoms with Crippen LogP contribution in [0.1, 0.15) is 24.0 Å². The highest BCUT2D eigenvalue weighted by Gasteiger charge is 2.52. The minimum atomic E-state index is -0.424. The first-order valence-corrected chi connectivity index (χ1v) is 7.65. The van der Waals surface area contributed by atoms with Crippen LogP contribution in [0.5, 0.6) is 0 Å². The van der Waals surface area contributed by atoms with E-state index in [0.29, 0.717) is 11.6 Å². The first-order valence-electron chi connectivity index (χ1n) is 7.27. The molecule has 0 atom stereocenters. The molecule has 0 heterocycles. The van der Waals surface area contributed by atoms with Gasteiger partial charge in [0, 0.05) is 18.6 Å². The zero-order valence-electron chi connectivity index (χ0n) is 12.4. The van der Waals surface area contributed by atoms with Crippen LogP contribution in [0.4, 0.5) is 4.39 Å². The molecule has 3 rings (SSSR count). The molecule has 114 valence electrons. The normalized spacial score (nSPS) is 15.4. The lowest BCUT2D eigenvalue weighted by molar-refractivity contribution is -0.133. The van der Waals surface area contributed by atoms with E-state index in [9.17, 15) is 9.18 Å². The zero-order valence-corrected chi connectivity index (χ0v) is 13.1. The Bertz CT molecular complexity index is 694. The van der Waals surface area contributed by atoms with Crippen molar-refractivity contribution in [1.29, 1.82) is 0 Å². The van der Waals surface area contributed by atoms with Gasteiger partial charge in [0.1, 0.15) is 5.82 Å². The Labute approximate surface area is 134 Å². The quantitative estimate of drug-likeness (QED) is 0.829. The van der Waals surface area contributed by atoms with Crippen molar-refractivity contribution in [2.75, 3.05) is 7.05 Å². The maximum atomic E-state index is 13.3. The van der Waals surface area contributed by atoms with Crippen molar-refractivity contribution in [3.8, 4) is 0 Å². The summed E-state index contributed by atoms with van der Waals surface area (Å²) in [6.45, 7) is 0.409. The summed E-state index contributed by atoms with van der Waals surface area (Å²) in [5, 5.41) is 0.667. The van der Waals surface area contributed by atoms with E-state index < -0.39 is 5.41 Å². The van der Waals surface area contributed by atoms with Gasteiger partial charge in [0.15, 0.2) is 0 Å². The smallest absolute Gasteiger partial charge is 0.233 e. The molecule has 1 saturated carbocycles. The van der Waals surface area contributed by atoms with Crippen LogP contribution in [0.2, 0.25) is 5.02 Å². The van der Waals surface area contributed by atoms with E-state index in [4.69, 9.17) is 11.6 Å². The van der Waals surface area contributed by atoms with Crippen LogP contribution in [0.25, 0.3) is 0 Å². The lowest BCUT2D eigenvalue weighted by Crippen LogP contribution is -2.36. The van der Waals surface area contributed by atoms with Gasteiger partial charge in [0.25, 0.3) is 0 Å². The van der Waals surface area contributed by atoms with Gasteiger partial charge in [-0.05, 0) is 48.2 Å². The second kappa shape index (κ2) is 5.73. The van der Waals surface area contributed by atoms with Gasteiger partial charge in [0.2, 0.25) is 5.91 Å². The molecule has 0 unspecified atom stereocenters. The van der Waals surface area contributed by atoms with Crippen LogP contribution in [0, 0.1) is 5.82 Å². The molecule has 2 aromatic carbocycles. The van der Waals surface area contributed by atoms with Crippen LogP contribution in [-0.4, -0.2) is 17.9 Å². The first kappa shape index (κ1) is 15.0. The van der Waals surface area contributed by atoms with Gasteiger partial charge in [-0.2, -0.15) is 0 Å². The molecule has 1 aliphatic carbocycles. The molecule has 4 heteroatoms.